The number of pyridine rings is 2. The molecule has 1 fully saturated rings. The maximum Gasteiger partial charge on any atom is 0.225 e. The van der Waals surface area contributed by atoms with Crippen molar-refractivity contribution in [3.05, 3.63) is 54.7 Å². The van der Waals surface area contributed by atoms with Crippen LogP contribution >= 0.6 is 0 Å². The van der Waals surface area contributed by atoms with E-state index < -0.39 is 0 Å². The van der Waals surface area contributed by atoms with Gasteiger partial charge in [-0.1, -0.05) is 6.07 Å². The minimum atomic E-state index is -0.105. The number of aromatic nitrogens is 4. The van der Waals surface area contributed by atoms with Gasteiger partial charge in [0.1, 0.15) is 5.52 Å². The van der Waals surface area contributed by atoms with Gasteiger partial charge in [0, 0.05) is 31.7 Å². The van der Waals surface area contributed by atoms with Crippen LogP contribution in [0.5, 0.6) is 0 Å². The summed E-state index contributed by atoms with van der Waals surface area (Å²) in [4.78, 5) is 32.2. The fourth-order valence-electron chi connectivity index (χ4n) is 3.48. The predicted molar refractivity (Wildman–Crippen MR) is 103 cm³/mol. The molecule has 3 aromatic rings. The van der Waals surface area contributed by atoms with Crippen molar-refractivity contribution in [2.24, 2.45) is 5.92 Å². The molecule has 1 amide bonds. The lowest BCUT2D eigenvalue weighted by atomic mass is 9.96. The van der Waals surface area contributed by atoms with E-state index in [9.17, 15) is 4.79 Å². The van der Waals surface area contributed by atoms with Gasteiger partial charge in [-0.2, -0.15) is 0 Å². The Morgan fingerprint density at radius 2 is 2.07 bits per heavy atom. The van der Waals surface area contributed by atoms with Gasteiger partial charge in [0.2, 0.25) is 5.91 Å². The maximum absolute atomic E-state index is 12.8. The Kier molecular flexibility index (Phi) is 4.91. The van der Waals surface area contributed by atoms with E-state index in [0.29, 0.717) is 12.2 Å². The molecule has 3 aromatic heterocycles. The first-order valence-electron chi connectivity index (χ1n) is 9.24. The van der Waals surface area contributed by atoms with Crippen molar-refractivity contribution in [2.75, 3.05) is 18.0 Å². The van der Waals surface area contributed by atoms with Crippen molar-refractivity contribution in [1.82, 2.24) is 25.3 Å². The van der Waals surface area contributed by atoms with Crippen LogP contribution in [0.2, 0.25) is 0 Å². The van der Waals surface area contributed by atoms with Crippen molar-refractivity contribution in [1.29, 1.82) is 0 Å². The Hall–Kier alpha value is -3.09. The van der Waals surface area contributed by atoms with Crippen molar-refractivity contribution >= 4 is 22.8 Å². The molecule has 1 aliphatic rings. The van der Waals surface area contributed by atoms with E-state index in [1.54, 1.807) is 18.6 Å². The van der Waals surface area contributed by atoms with Gasteiger partial charge < -0.3 is 10.2 Å². The highest BCUT2D eigenvalue weighted by Gasteiger charge is 2.27. The van der Waals surface area contributed by atoms with Crippen LogP contribution in [0.25, 0.3) is 11.2 Å². The highest BCUT2D eigenvalue weighted by molar-refractivity contribution is 5.80. The molecule has 0 spiro atoms. The number of anilines is 1. The predicted octanol–water partition coefficient (Wildman–Crippen LogP) is 2.51. The van der Waals surface area contributed by atoms with Crippen molar-refractivity contribution < 1.29 is 4.79 Å². The van der Waals surface area contributed by atoms with E-state index in [4.69, 9.17) is 0 Å². The molecule has 2 unspecified atom stereocenters. The van der Waals surface area contributed by atoms with Crippen molar-refractivity contribution in [2.45, 2.75) is 25.8 Å². The summed E-state index contributed by atoms with van der Waals surface area (Å²) in [5.74, 6) is 0.0221. The van der Waals surface area contributed by atoms with E-state index >= 15 is 0 Å². The lowest BCUT2D eigenvalue weighted by Crippen LogP contribution is -2.43. The summed E-state index contributed by atoms with van der Waals surface area (Å²) in [7, 11) is 0. The number of carbonyl (C=O) groups is 1. The van der Waals surface area contributed by atoms with E-state index in [0.717, 1.165) is 36.3 Å². The van der Waals surface area contributed by atoms with Gasteiger partial charge in [0.05, 0.1) is 29.5 Å². The second-order valence-corrected chi connectivity index (χ2v) is 6.86. The summed E-state index contributed by atoms with van der Waals surface area (Å²) in [6.07, 6.45) is 8.72. The van der Waals surface area contributed by atoms with Crippen LogP contribution in [0, 0.1) is 5.92 Å². The first-order valence-corrected chi connectivity index (χ1v) is 9.24. The Morgan fingerprint density at radius 1 is 1.19 bits per heavy atom. The van der Waals surface area contributed by atoms with Crippen LogP contribution < -0.4 is 10.2 Å². The van der Waals surface area contributed by atoms with Gasteiger partial charge in [-0.05, 0) is 38.0 Å². The number of hydrogen-bond donors (Lipinski definition) is 1. The Morgan fingerprint density at radius 3 is 2.93 bits per heavy atom. The second kappa shape index (κ2) is 7.65. The monoisotopic (exact) mass is 362 g/mol. The second-order valence-electron chi connectivity index (χ2n) is 6.86. The molecule has 0 saturated carbocycles. The lowest BCUT2D eigenvalue weighted by Gasteiger charge is -2.34. The zero-order valence-electron chi connectivity index (χ0n) is 15.2. The quantitative estimate of drug-likeness (QED) is 0.768. The third-order valence-corrected chi connectivity index (χ3v) is 4.96. The van der Waals surface area contributed by atoms with E-state index in [-0.39, 0.29) is 17.9 Å². The summed E-state index contributed by atoms with van der Waals surface area (Å²) >= 11 is 0. The number of nitrogens with one attached hydrogen (secondary N) is 1. The fourth-order valence-corrected chi connectivity index (χ4v) is 3.48. The van der Waals surface area contributed by atoms with Crippen LogP contribution in [0.15, 0.2) is 49.1 Å². The largest absolute Gasteiger partial charge is 0.369 e. The van der Waals surface area contributed by atoms with Crippen LogP contribution in [-0.4, -0.2) is 38.9 Å². The van der Waals surface area contributed by atoms with Crippen LogP contribution in [-0.2, 0) is 4.79 Å². The highest BCUT2D eigenvalue weighted by Crippen LogP contribution is 2.25. The van der Waals surface area contributed by atoms with Crippen molar-refractivity contribution in [3.8, 4) is 0 Å². The van der Waals surface area contributed by atoms with Crippen LogP contribution in [0.1, 0.15) is 31.5 Å². The standard InChI is InChI=1S/C20H22N6O/c1-14(17-6-2-3-7-21-17)25-20(27)15-5-4-10-26(13-15)16-11-18-19(24-12-16)23-9-8-22-18/h2-3,6-9,11-12,14-15H,4-5,10,13H2,1H3,(H,25,27). The molecule has 27 heavy (non-hydrogen) atoms. The summed E-state index contributed by atoms with van der Waals surface area (Å²) in [5.41, 5.74) is 3.26. The number of carbonyl (C=O) groups excluding carboxylic acids is 1. The molecule has 7 heteroatoms. The number of piperidine rings is 1. The molecule has 1 saturated heterocycles. The molecule has 7 nitrogen and oxygen atoms in total. The summed E-state index contributed by atoms with van der Waals surface area (Å²) in [5, 5.41) is 3.10. The third kappa shape index (κ3) is 3.86. The van der Waals surface area contributed by atoms with Gasteiger partial charge in [-0.25, -0.2) is 9.97 Å². The zero-order chi connectivity index (χ0) is 18.6. The van der Waals surface area contributed by atoms with Gasteiger partial charge in [0.15, 0.2) is 5.65 Å². The molecule has 138 valence electrons. The Balaban J connectivity index is 1.44. The summed E-state index contributed by atoms with van der Waals surface area (Å²) in [6, 6.07) is 7.63. The molecular formula is C20H22N6O. The number of hydrogen-bond acceptors (Lipinski definition) is 6. The molecule has 0 radical (unpaired) electrons. The molecule has 0 bridgehead atoms. The Bertz CT molecular complexity index is 932. The summed E-state index contributed by atoms with van der Waals surface area (Å²) in [6.45, 7) is 3.55. The number of nitrogens with zero attached hydrogens (tertiary/aromatic N) is 5. The fraction of sp³-hybridized carbons (Fsp3) is 0.350. The Labute approximate surface area is 157 Å². The topological polar surface area (TPSA) is 83.9 Å². The van der Waals surface area contributed by atoms with E-state index in [1.807, 2.05) is 37.4 Å². The normalized spacial score (nSPS) is 18.3. The average Bonchev–Trinajstić information content (AvgIpc) is 2.74. The van der Waals surface area contributed by atoms with Gasteiger partial charge in [-0.15, -0.1) is 0 Å². The zero-order valence-corrected chi connectivity index (χ0v) is 15.2. The molecule has 4 rings (SSSR count). The molecule has 0 aromatic carbocycles. The third-order valence-electron chi connectivity index (χ3n) is 4.96. The smallest absolute Gasteiger partial charge is 0.225 e. The number of rotatable bonds is 4. The van der Waals surface area contributed by atoms with Gasteiger partial charge in [0.25, 0.3) is 0 Å². The van der Waals surface area contributed by atoms with Gasteiger partial charge >= 0.3 is 0 Å². The minimum absolute atomic E-state index is 0.0533. The maximum atomic E-state index is 12.8. The highest BCUT2D eigenvalue weighted by atomic mass is 16.2. The first kappa shape index (κ1) is 17.3. The van der Waals surface area contributed by atoms with Crippen LogP contribution in [0.4, 0.5) is 5.69 Å². The number of fused-ring (bicyclic) bond motifs is 1. The summed E-state index contributed by atoms with van der Waals surface area (Å²) < 4.78 is 0. The average molecular weight is 362 g/mol. The first-order chi connectivity index (χ1) is 13.2. The van der Waals surface area contributed by atoms with E-state index in [2.05, 4.69) is 30.2 Å². The van der Waals surface area contributed by atoms with Crippen molar-refractivity contribution in [3.63, 3.8) is 0 Å². The van der Waals surface area contributed by atoms with Crippen LogP contribution in [0.3, 0.4) is 0 Å². The molecule has 1 aliphatic heterocycles. The van der Waals surface area contributed by atoms with Gasteiger partial charge in [-0.3, -0.25) is 14.8 Å². The molecule has 4 heterocycles. The van der Waals surface area contributed by atoms with E-state index in [1.165, 1.54) is 0 Å². The number of amides is 1. The molecule has 1 N–H and O–H groups in total. The lowest BCUT2D eigenvalue weighted by molar-refractivity contribution is -0.125. The molecular weight excluding hydrogens is 340 g/mol. The SMILES string of the molecule is CC(NC(=O)C1CCCN(c2cnc3nccnc3c2)C1)c1ccccn1. The molecule has 2 atom stereocenters. The minimum Gasteiger partial charge on any atom is -0.369 e. The molecule has 0 aliphatic carbocycles.